The van der Waals surface area contributed by atoms with Gasteiger partial charge in [-0.25, -0.2) is 17.2 Å². The van der Waals surface area contributed by atoms with Crippen LogP contribution in [0.3, 0.4) is 0 Å². The number of benzene rings is 2. The van der Waals surface area contributed by atoms with Crippen molar-refractivity contribution in [3.05, 3.63) is 95.9 Å². The minimum Gasteiger partial charge on any atom is -0.465 e. The molecule has 30 heavy (non-hydrogen) atoms. The van der Waals surface area contributed by atoms with Crippen LogP contribution in [-0.2, 0) is 14.8 Å². The molecule has 2 heterocycles. The van der Waals surface area contributed by atoms with Crippen LogP contribution in [0.1, 0.15) is 27.8 Å². The SMILES string of the molecule is COC(=O)c1c(C(O)c2ccccn2)n(S(=O)(=O)c2ccccc2)c2ccccc12. The molecule has 0 fully saturated rings. The number of aliphatic hydroxyl groups is 1. The molecule has 0 radical (unpaired) electrons. The van der Waals surface area contributed by atoms with Crippen LogP contribution in [-0.4, -0.2) is 35.6 Å². The lowest BCUT2D eigenvalue weighted by Gasteiger charge is -2.17. The second kappa shape index (κ2) is 7.74. The van der Waals surface area contributed by atoms with Crippen LogP contribution in [0, 0.1) is 0 Å². The molecule has 0 saturated heterocycles. The molecule has 8 heteroatoms. The molecule has 0 bridgehead atoms. The average molecular weight is 422 g/mol. The topological polar surface area (TPSA) is 98.5 Å². The Labute approximate surface area is 173 Å². The van der Waals surface area contributed by atoms with Crippen molar-refractivity contribution in [3.63, 3.8) is 0 Å². The quantitative estimate of drug-likeness (QED) is 0.496. The molecule has 7 nitrogen and oxygen atoms in total. The molecule has 4 rings (SSSR count). The summed E-state index contributed by atoms with van der Waals surface area (Å²) in [6, 6.07) is 19.3. The number of aromatic nitrogens is 2. The number of hydrogen-bond acceptors (Lipinski definition) is 6. The zero-order valence-corrected chi connectivity index (χ0v) is 16.8. The zero-order valence-electron chi connectivity index (χ0n) is 16.0. The van der Waals surface area contributed by atoms with E-state index < -0.39 is 22.1 Å². The second-order valence-corrected chi connectivity index (χ2v) is 8.30. The van der Waals surface area contributed by atoms with Gasteiger partial charge in [0.2, 0.25) is 0 Å². The Balaban J connectivity index is 2.13. The molecule has 2 aromatic heterocycles. The van der Waals surface area contributed by atoms with Crippen LogP contribution in [0.2, 0.25) is 0 Å². The van der Waals surface area contributed by atoms with Crippen LogP contribution in [0.25, 0.3) is 10.9 Å². The number of para-hydroxylation sites is 1. The fourth-order valence-electron chi connectivity index (χ4n) is 3.43. The second-order valence-electron chi connectivity index (χ2n) is 6.51. The summed E-state index contributed by atoms with van der Waals surface area (Å²) in [6.45, 7) is 0. The average Bonchev–Trinajstić information content (AvgIpc) is 3.15. The van der Waals surface area contributed by atoms with Gasteiger partial charge < -0.3 is 9.84 Å². The van der Waals surface area contributed by atoms with Crippen LogP contribution in [0.5, 0.6) is 0 Å². The summed E-state index contributed by atoms with van der Waals surface area (Å²) in [5.41, 5.74) is 0.318. The summed E-state index contributed by atoms with van der Waals surface area (Å²) in [7, 11) is -2.94. The number of ether oxygens (including phenoxy) is 1. The number of carbonyl (C=O) groups is 1. The summed E-state index contributed by atoms with van der Waals surface area (Å²) in [5, 5.41) is 11.5. The van der Waals surface area contributed by atoms with E-state index in [2.05, 4.69) is 4.98 Å². The van der Waals surface area contributed by atoms with Gasteiger partial charge in [-0.3, -0.25) is 4.98 Å². The van der Waals surface area contributed by atoms with E-state index in [4.69, 9.17) is 4.74 Å². The fourth-order valence-corrected chi connectivity index (χ4v) is 5.01. The third-order valence-electron chi connectivity index (χ3n) is 4.76. The summed E-state index contributed by atoms with van der Waals surface area (Å²) in [6.07, 6.45) is 0.000827. The van der Waals surface area contributed by atoms with E-state index in [1.54, 1.807) is 60.7 Å². The van der Waals surface area contributed by atoms with Gasteiger partial charge in [0.15, 0.2) is 0 Å². The summed E-state index contributed by atoms with van der Waals surface area (Å²) >= 11 is 0. The molecule has 0 amide bonds. The van der Waals surface area contributed by atoms with Gasteiger partial charge in [-0.2, -0.15) is 0 Å². The molecule has 152 valence electrons. The summed E-state index contributed by atoms with van der Waals surface area (Å²) in [4.78, 5) is 16.9. The molecule has 2 aromatic carbocycles. The maximum absolute atomic E-state index is 13.6. The number of esters is 1. The molecule has 4 aromatic rings. The van der Waals surface area contributed by atoms with Crippen molar-refractivity contribution in [2.75, 3.05) is 7.11 Å². The van der Waals surface area contributed by atoms with Crippen molar-refractivity contribution in [2.45, 2.75) is 11.0 Å². The Morgan fingerprint density at radius 3 is 2.33 bits per heavy atom. The number of methoxy groups -OCH3 is 1. The maximum atomic E-state index is 13.6. The van der Waals surface area contributed by atoms with Crippen molar-refractivity contribution in [2.24, 2.45) is 0 Å². The van der Waals surface area contributed by atoms with Crippen molar-refractivity contribution < 1.29 is 23.1 Å². The Morgan fingerprint density at radius 2 is 1.67 bits per heavy atom. The van der Waals surface area contributed by atoms with Gasteiger partial charge in [-0.1, -0.05) is 42.5 Å². The number of nitrogens with zero attached hydrogens (tertiary/aromatic N) is 2. The van der Waals surface area contributed by atoms with E-state index in [0.29, 0.717) is 5.39 Å². The molecule has 1 atom stereocenters. The van der Waals surface area contributed by atoms with Gasteiger partial charge in [0.05, 0.1) is 34.5 Å². The molecule has 0 aliphatic heterocycles. The number of fused-ring (bicyclic) bond motifs is 1. The molecule has 0 saturated carbocycles. The lowest BCUT2D eigenvalue weighted by atomic mass is 10.1. The van der Waals surface area contributed by atoms with E-state index in [-0.39, 0.29) is 27.4 Å². The highest BCUT2D eigenvalue weighted by atomic mass is 32.2. The number of pyridine rings is 1. The van der Waals surface area contributed by atoms with Crippen molar-refractivity contribution in [3.8, 4) is 0 Å². The van der Waals surface area contributed by atoms with E-state index in [9.17, 15) is 18.3 Å². The Bertz CT molecular complexity index is 1320. The minimum atomic E-state index is -4.15. The molecule has 0 aliphatic rings. The van der Waals surface area contributed by atoms with Gasteiger partial charge in [0.1, 0.15) is 6.10 Å². The van der Waals surface area contributed by atoms with Crippen LogP contribution >= 0.6 is 0 Å². The lowest BCUT2D eigenvalue weighted by Crippen LogP contribution is -2.20. The number of hydrogen-bond donors (Lipinski definition) is 1. The first-order valence-electron chi connectivity index (χ1n) is 9.08. The third kappa shape index (κ3) is 3.16. The standard InChI is InChI=1S/C22H18N2O5S/c1-29-22(26)19-16-11-5-6-13-18(16)24(30(27,28)15-9-3-2-4-10-15)20(19)21(25)17-12-7-8-14-23-17/h2-14,21,25H,1H3. The van der Waals surface area contributed by atoms with Crippen LogP contribution in [0.4, 0.5) is 0 Å². The summed E-state index contributed by atoms with van der Waals surface area (Å²) in [5.74, 6) is -0.752. The van der Waals surface area contributed by atoms with E-state index in [0.717, 1.165) is 3.97 Å². The lowest BCUT2D eigenvalue weighted by molar-refractivity contribution is 0.0597. The molecular weight excluding hydrogens is 404 g/mol. The first-order chi connectivity index (χ1) is 14.5. The zero-order chi connectivity index (χ0) is 21.3. The van der Waals surface area contributed by atoms with Crippen molar-refractivity contribution >= 4 is 26.9 Å². The Morgan fingerprint density at radius 1 is 1.00 bits per heavy atom. The normalized spacial score (nSPS) is 12.6. The predicted octanol–water partition coefficient (Wildman–Crippen LogP) is 3.14. The molecule has 1 N–H and O–H groups in total. The van der Waals surface area contributed by atoms with Gasteiger partial charge in [0.25, 0.3) is 10.0 Å². The predicted molar refractivity (Wildman–Crippen MR) is 111 cm³/mol. The van der Waals surface area contributed by atoms with Gasteiger partial charge >= 0.3 is 5.97 Å². The highest BCUT2D eigenvalue weighted by Crippen LogP contribution is 2.36. The van der Waals surface area contributed by atoms with Crippen LogP contribution < -0.4 is 0 Å². The van der Waals surface area contributed by atoms with Crippen molar-refractivity contribution in [1.29, 1.82) is 0 Å². The molecule has 1 unspecified atom stereocenters. The van der Waals surface area contributed by atoms with Gasteiger partial charge in [0, 0.05) is 11.6 Å². The molecule has 0 spiro atoms. The smallest absolute Gasteiger partial charge is 0.340 e. The number of aliphatic hydroxyl groups excluding tert-OH is 1. The summed E-state index contributed by atoms with van der Waals surface area (Å²) < 4.78 is 33.1. The highest BCUT2D eigenvalue weighted by molar-refractivity contribution is 7.90. The van der Waals surface area contributed by atoms with Crippen molar-refractivity contribution in [1.82, 2.24) is 8.96 Å². The van der Waals surface area contributed by atoms with E-state index in [1.807, 2.05) is 0 Å². The first kappa shape index (κ1) is 19.8. The monoisotopic (exact) mass is 422 g/mol. The van der Waals surface area contributed by atoms with E-state index >= 15 is 0 Å². The minimum absolute atomic E-state index is 0.0224. The number of carbonyl (C=O) groups excluding carboxylic acids is 1. The first-order valence-corrected chi connectivity index (χ1v) is 10.5. The largest absolute Gasteiger partial charge is 0.465 e. The maximum Gasteiger partial charge on any atom is 0.340 e. The molecule has 0 aliphatic carbocycles. The Kier molecular flexibility index (Phi) is 5.11. The molecular formula is C22H18N2O5S. The number of rotatable bonds is 5. The highest BCUT2D eigenvalue weighted by Gasteiger charge is 2.34. The fraction of sp³-hybridized carbons (Fsp3) is 0.0909. The van der Waals surface area contributed by atoms with Crippen LogP contribution in [0.15, 0.2) is 83.9 Å². The van der Waals surface area contributed by atoms with E-state index in [1.165, 1.54) is 25.4 Å². The van der Waals surface area contributed by atoms with Gasteiger partial charge in [-0.15, -0.1) is 0 Å². The Hall–Kier alpha value is -3.49. The third-order valence-corrected chi connectivity index (χ3v) is 6.51. The van der Waals surface area contributed by atoms with Gasteiger partial charge in [-0.05, 0) is 30.3 Å².